The van der Waals surface area contributed by atoms with Gasteiger partial charge in [-0.05, 0) is 61.4 Å². The van der Waals surface area contributed by atoms with Crippen molar-refractivity contribution in [1.82, 2.24) is 10.2 Å². The number of halogens is 2. The van der Waals surface area contributed by atoms with Crippen LogP contribution in [0.15, 0.2) is 77.7 Å². The molecule has 10 heteroatoms. The third-order valence-corrected chi connectivity index (χ3v) is 8.12. The largest absolute Gasteiger partial charge is 0.357 e. The Balaban J connectivity index is 2.06. The highest BCUT2D eigenvalue weighted by Crippen LogP contribution is 2.27. The first-order valence-electron chi connectivity index (χ1n) is 11.7. The predicted octanol–water partition coefficient (Wildman–Crippen LogP) is 5.05. The monoisotopic (exact) mass is 561 g/mol. The molecule has 0 aliphatic carbocycles. The van der Waals surface area contributed by atoms with Gasteiger partial charge in [-0.15, -0.1) is 0 Å². The topological polar surface area (TPSA) is 86.8 Å². The summed E-state index contributed by atoms with van der Waals surface area (Å²) in [6.45, 7) is 3.34. The molecular weight excluding hydrogens is 533 g/mol. The van der Waals surface area contributed by atoms with Crippen LogP contribution in [0.3, 0.4) is 0 Å². The van der Waals surface area contributed by atoms with Gasteiger partial charge < -0.3 is 10.2 Å². The van der Waals surface area contributed by atoms with E-state index in [1.54, 1.807) is 25.1 Å². The van der Waals surface area contributed by atoms with Crippen LogP contribution < -0.4 is 9.62 Å². The second kappa shape index (κ2) is 12.4. The van der Waals surface area contributed by atoms with Crippen molar-refractivity contribution in [3.05, 3.63) is 94.0 Å². The van der Waals surface area contributed by atoms with Crippen LogP contribution in [0, 0.1) is 6.92 Å². The third kappa shape index (κ3) is 7.03. The first-order chi connectivity index (χ1) is 17.6. The second-order valence-electron chi connectivity index (χ2n) is 8.49. The Bertz CT molecular complexity index is 1360. The zero-order chi connectivity index (χ0) is 27.2. The maximum Gasteiger partial charge on any atom is 0.264 e. The van der Waals surface area contributed by atoms with Gasteiger partial charge in [0.05, 0.1) is 10.6 Å². The maximum absolute atomic E-state index is 13.8. The molecule has 0 spiro atoms. The molecule has 0 aliphatic heterocycles. The number of hydrogen-bond acceptors (Lipinski definition) is 4. The minimum absolute atomic E-state index is 0.0340. The Morgan fingerprint density at radius 2 is 1.62 bits per heavy atom. The van der Waals surface area contributed by atoms with Crippen LogP contribution in [-0.4, -0.2) is 44.8 Å². The highest BCUT2D eigenvalue weighted by molar-refractivity contribution is 7.92. The first kappa shape index (κ1) is 28.5. The van der Waals surface area contributed by atoms with Crippen LogP contribution in [-0.2, 0) is 26.2 Å². The smallest absolute Gasteiger partial charge is 0.264 e. The van der Waals surface area contributed by atoms with Crippen molar-refractivity contribution in [2.75, 3.05) is 17.9 Å². The van der Waals surface area contributed by atoms with Gasteiger partial charge in [0, 0.05) is 23.6 Å². The maximum atomic E-state index is 13.8. The summed E-state index contributed by atoms with van der Waals surface area (Å²) in [4.78, 5) is 28.0. The number of rotatable bonds is 10. The number of carbonyl (C=O) groups is 2. The highest BCUT2D eigenvalue weighted by Gasteiger charge is 2.33. The van der Waals surface area contributed by atoms with Crippen molar-refractivity contribution in [1.29, 1.82) is 0 Å². The fourth-order valence-electron chi connectivity index (χ4n) is 3.99. The lowest BCUT2D eigenvalue weighted by Crippen LogP contribution is -2.51. The van der Waals surface area contributed by atoms with E-state index in [-0.39, 0.29) is 23.0 Å². The summed E-state index contributed by atoms with van der Waals surface area (Å²) >= 11 is 12.1. The number of likely N-dealkylation sites (N-methyl/N-ethyl adjacent to an activating group) is 1. The molecule has 0 radical (unpaired) electrons. The van der Waals surface area contributed by atoms with E-state index >= 15 is 0 Å². The van der Waals surface area contributed by atoms with E-state index in [9.17, 15) is 18.0 Å². The van der Waals surface area contributed by atoms with Crippen LogP contribution in [0.2, 0.25) is 10.0 Å². The Morgan fingerprint density at radius 3 is 2.22 bits per heavy atom. The van der Waals surface area contributed by atoms with Gasteiger partial charge >= 0.3 is 0 Å². The molecule has 0 bridgehead atoms. The minimum atomic E-state index is -4.19. The number of nitrogens with one attached hydrogen (secondary N) is 1. The van der Waals surface area contributed by atoms with Crippen molar-refractivity contribution in [3.63, 3.8) is 0 Å². The van der Waals surface area contributed by atoms with Crippen molar-refractivity contribution < 1.29 is 18.0 Å². The SMILES string of the molecule is CC[C@@H](C(=O)NC)N(Cc1cccc(C)c1)C(=O)CN(c1cccc(Cl)c1)S(=O)(=O)c1ccc(Cl)cc1. The number of aryl methyl sites for hydroxylation is 1. The van der Waals surface area contributed by atoms with E-state index in [0.29, 0.717) is 16.5 Å². The van der Waals surface area contributed by atoms with E-state index in [1.165, 1.54) is 42.3 Å². The van der Waals surface area contributed by atoms with E-state index in [4.69, 9.17) is 23.2 Å². The third-order valence-electron chi connectivity index (χ3n) is 5.84. The van der Waals surface area contributed by atoms with Gasteiger partial charge in [-0.1, -0.05) is 66.0 Å². The quantitative estimate of drug-likeness (QED) is 0.375. The molecule has 3 aromatic carbocycles. The lowest BCUT2D eigenvalue weighted by Gasteiger charge is -2.33. The summed E-state index contributed by atoms with van der Waals surface area (Å²) in [5.74, 6) is -0.868. The lowest BCUT2D eigenvalue weighted by atomic mass is 10.1. The summed E-state index contributed by atoms with van der Waals surface area (Å²) in [6.07, 6.45) is 0.346. The van der Waals surface area contributed by atoms with Crippen LogP contribution in [0.25, 0.3) is 0 Å². The number of sulfonamides is 1. The molecule has 2 amide bonds. The summed E-state index contributed by atoms with van der Waals surface area (Å²) < 4.78 is 28.5. The van der Waals surface area contributed by atoms with Crippen molar-refractivity contribution in [2.45, 2.75) is 37.8 Å². The molecular formula is C27H29Cl2N3O4S. The number of carbonyl (C=O) groups excluding carboxylic acids is 2. The molecule has 0 heterocycles. The van der Waals surface area contributed by atoms with Gasteiger partial charge in [-0.25, -0.2) is 8.42 Å². The van der Waals surface area contributed by atoms with Crippen molar-refractivity contribution >= 4 is 50.7 Å². The van der Waals surface area contributed by atoms with Gasteiger partial charge in [-0.3, -0.25) is 13.9 Å². The predicted molar refractivity (Wildman–Crippen MR) is 147 cm³/mol. The molecule has 7 nitrogen and oxygen atoms in total. The molecule has 0 fully saturated rings. The second-order valence-corrected chi connectivity index (χ2v) is 11.2. The van der Waals surface area contributed by atoms with Gasteiger partial charge in [-0.2, -0.15) is 0 Å². The Labute approximate surface area is 228 Å². The number of anilines is 1. The fraction of sp³-hybridized carbons (Fsp3) is 0.259. The van der Waals surface area contributed by atoms with E-state index in [0.717, 1.165) is 15.4 Å². The first-order valence-corrected chi connectivity index (χ1v) is 13.9. The number of benzene rings is 3. The minimum Gasteiger partial charge on any atom is -0.357 e. The standard InChI is InChI=1S/C27H29Cl2N3O4S/c1-4-25(27(34)30-3)31(17-20-8-5-7-19(2)15-20)26(33)18-32(23-10-6-9-22(29)16-23)37(35,36)24-13-11-21(28)12-14-24/h5-16,25H,4,17-18H2,1-3H3,(H,30,34)/t25-/m0/s1. The van der Waals surface area contributed by atoms with Crippen LogP contribution in [0.5, 0.6) is 0 Å². The van der Waals surface area contributed by atoms with Gasteiger partial charge in [0.1, 0.15) is 12.6 Å². The van der Waals surface area contributed by atoms with Crippen molar-refractivity contribution in [2.24, 2.45) is 0 Å². The summed E-state index contributed by atoms with van der Waals surface area (Å²) in [5, 5.41) is 3.30. The molecule has 0 aromatic heterocycles. The molecule has 3 rings (SSSR count). The number of nitrogens with zero attached hydrogens (tertiary/aromatic N) is 2. The van der Waals surface area contributed by atoms with E-state index in [1.807, 2.05) is 31.2 Å². The average molecular weight is 563 g/mol. The molecule has 0 aliphatic rings. The molecule has 1 atom stereocenters. The summed E-state index contributed by atoms with van der Waals surface area (Å²) in [7, 11) is -2.68. The molecule has 3 aromatic rings. The van der Waals surface area contributed by atoms with Gasteiger partial charge in [0.15, 0.2) is 0 Å². The molecule has 0 saturated heterocycles. The van der Waals surface area contributed by atoms with Crippen LogP contribution >= 0.6 is 23.2 Å². The molecule has 196 valence electrons. The normalized spacial score (nSPS) is 12.0. The van der Waals surface area contributed by atoms with E-state index < -0.39 is 28.5 Å². The lowest BCUT2D eigenvalue weighted by molar-refractivity contribution is -0.140. The summed E-state index contributed by atoms with van der Waals surface area (Å²) in [6, 6.07) is 18.8. The zero-order valence-electron chi connectivity index (χ0n) is 20.8. The Morgan fingerprint density at radius 1 is 0.946 bits per heavy atom. The Kier molecular flexibility index (Phi) is 9.59. The molecule has 0 saturated carbocycles. The highest BCUT2D eigenvalue weighted by atomic mass is 35.5. The van der Waals surface area contributed by atoms with Gasteiger partial charge in [0.2, 0.25) is 11.8 Å². The zero-order valence-corrected chi connectivity index (χ0v) is 23.1. The summed E-state index contributed by atoms with van der Waals surface area (Å²) in [5.41, 5.74) is 2.05. The fourth-order valence-corrected chi connectivity index (χ4v) is 5.70. The van der Waals surface area contributed by atoms with Gasteiger partial charge in [0.25, 0.3) is 10.0 Å². The molecule has 37 heavy (non-hydrogen) atoms. The van der Waals surface area contributed by atoms with Crippen LogP contribution in [0.1, 0.15) is 24.5 Å². The number of amides is 2. The average Bonchev–Trinajstić information content (AvgIpc) is 2.87. The number of hydrogen-bond donors (Lipinski definition) is 1. The molecule has 0 unspecified atom stereocenters. The van der Waals surface area contributed by atoms with Crippen LogP contribution in [0.4, 0.5) is 5.69 Å². The molecule has 1 N–H and O–H groups in total. The Hall–Kier alpha value is -3.07. The van der Waals surface area contributed by atoms with E-state index in [2.05, 4.69) is 5.32 Å². The van der Waals surface area contributed by atoms with Crippen molar-refractivity contribution in [3.8, 4) is 0 Å².